The predicted molar refractivity (Wildman–Crippen MR) is 68.7 cm³/mol. The molecule has 1 aliphatic rings. The fraction of sp³-hybridized carbons (Fsp3) is 0.571. The molecule has 18 heavy (non-hydrogen) atoms. The van der Waals surface area contributed by atoms with Crippen molar-refractivity contribution in [1.82, 2.24) is 5.32 Å². The molecule has 0 aromatic heterocycles. The van der Waals surface area contributed by atoms with Gasteiger partial charge in [-0.3, -0.25) is 0 Å². The topological polar surface area (TPSA) is 41.5 Å². The molecule has 1 aromatic carbocycles. The zero-order chi connectivity index (χ0) is 13.1. The molecular weight excluding hydrogens is 233 g/mol. The Morgan fingerprint density at radius 2 is 2.33 bits per heavy atom. The second-order valence-electron chi connectivity index (χ2n) is 4.95. The summed E-state index contributed by atoms with van der Waals surface area (Å²) in [5, 5.41) is 13.4. The van der Waals surface area contributed by atoms with Crippen molar-refractivity contribution in [1.29, 1.82) is 0 Å². The number of ether oxygens (including phenoxy) is 1. The van der Waals surface area contributed by atoms with Crippen molar-refractivity contribution in [2.24, 2.45) is 5.92 Å². The number of aryl methyl sites for hydroxylation is 1. The standard InChI is InChI=1S/C14H20FNO2/c1-9-6-12(15)14(18-2)13(17)11(9)7-10-4-3-5-16-8-10/h6,10,16-17H,3-5,7-8H2,1-2H3. The lowest BCUT2D eigenvalue weighted by atomic mass is 9.90. The second kappa shape index (κ2) is 5.57. The Kier molecular flexibility index (Phi) is 4.07. The SMILES string of the molecule is COc1c(F)cc(C)c(CC2CCCNC2)c1O. The molecule has 1 fully saturated rings. The highest BCUT2D eigenvalue weighted by Crippen LogP contribution is 2.36. The van der Waals surface area contributed by atoms with Gasteiger partial charge >= 0.3 is 0 Å². The van der Waals surface area contributed by atoms with Crippen molar-refractivity contribution in [3.05, 3.63) is 23.0 Å². The molecular formula is C14H20FNO2. The molecule has 1 saturated heterocycles. The van der Waals surface area contributed by atoms with Crippen LogP contribution in [0.1, 0.15) is 24.0 Å². The van der Waals surface area contributed by atoms with Gasteiger partial charge in [-0.1, -0.05) is 0 Å². The maximum Gasteiger partial charge on any atom is 0.196 e. The Hall–Kier alpha value is -1.29. The van der Waals surface area contributed by atoms with E-state index in [1.54, 1.807) is 0 Å². The van der Waals surface area contributed by atoms with E-state index in [9.17, 15) is 9.50 Å². The molecule has 1 atom stereocenters. The molecule has 3 nitrogen and oxygen atoms in total. The lowest BCUT2D eigenvalue weighted by Crippen LogP contribution is -2.31. The molecule has 0 aliphatic carbocycles. The lowest BCUT2D eigenvalue weighted by molar-refractivity contribution is 0.339. The number of hydrogen-bond acceptors (Lipinski definition) is 3. The van der Waals surface area contributed by atoms with Gasteiger partial charge in [-0.15, -0.1) is 0 Å². The van der Waals surface area contributed by atoms with Gasteiger partial charge in [0.05, 0.1) is 7.11 Å². The van der Waals surface area contributed by atoms with Gasteiger partial charge in [-0.2, -0.15) is 0 Å². The van der Waals surface area contributed by atoms with E-state index in [4.69, 9.17) is 4.74 Å². The van der Waals surface area contributed by atoms with Crippen molar-refractivity contribution in [3.8, 4) is 11.5 Å². The highest BCUT2D eigenvalue weighted by atomic mass is 19.1. The van der Waals surface area contributed by atoms with Crippen LogP contribution in [-0.4, -0.2) is 25.3 Å². The van der Waals surface area contributed by atoms with Gasteiger partial charge in [0.25, 0.3) is 0 Å². The average molecular weight is 253 g/mol. The van der Waals surface area contributed by atoms with Crippen LogP contribution in [0.2, 0.25) is 0 Å². The molecule has 1 aliphatic heterocycles. The smallest absolute Gasteiger partial charge is 0.196 e. The van der Waals surface area contributed by atoms with E-state index >= 15 is 0 Å². The van der Waals surface area contributed by atoms with Gasteiger partial charge in [-0.25, -0.2) is 4.39 Å². The molecule has 2 N–H and O–H groups in total. The minimum Gasteiger partial charge on any atom is -0.504 e. The Balaban J connectivity index is 2.26. The summed E-state index contributed by atoms with van der Waals surface area (Å²) in [6.45, 7) is 3.85. The average Bonchev–Trinajstić information content (AvgIpc) is 2.36. The number of rotatable bonds is 3. The van der Waals surface area contributed by atoms with Gasteiger partial charge in [-0.05, 0) is 56.8 Å². The summed E-state index contributed by atoms with van der Waals surface area (Å²) in [5.41, 5.74) is 1.60. The van der Waals surface area contributed by atoms with Crippen LogP contribution in [-0.2, 0) is 6.42 Å². The van der Waals surface area contributed by atoms with E-state index < -0.39 is 5.82 Å². The molecule has 0 bridgehead atoms. The van der Waals surface area contributed by atoms with Gasteiger partial charge in [0.1, 0.15) is 0 Å². The van der Waals surface area contributed by atoms with Crippen molar-refractivity contribution < 1.29 is 14.2 Å². The number of benzene rings is 1. The van der Waals surface area contributed by atoms with Gasteiger partial charge in [0, 0.05) is 5.56 Å². The summed E-state index contributed by atoms with van der Waals surface area (Å²) < 4.78 is 18.5. The lowest BCUT2D eigenvalue weighted by Gasteiger charge is -2.24. The van der Waals surface area contributed by atoms with Crippen molar-refractivity contribution >= 4 is 0 Å². The molecule has 0 saturated carbocycles. The zero-order valence-electron chi connectivity index (χ0n) is 10.9. The van der Waals surface area contributed by atoms with E-state index in [1.807, 2.05) is 6.92 Å². The molecule has 0 amide bonds. The Labute approximate surface area is 107 Å². The largest absolute Gasteiger partial charge is 0.504 e. The first-order chi connectivity index (χ1) is 8.63. The Morgan fingerprint density at radius 1 is 1.56 bits per heavy atom. The first-order valence-corrected chi connectivity index (χ1v) is 6.39. The molecule has 1 aromatic rings. The monoisotopic (exact) mass is 253 g/mol. The van der Waals surface area contributed by atoms with Crippen molar-refractivity contribution in [2.75, 3.05) is 20.2 Å². The highest BCUT2D eigenvalue weighted by Gasteiger charge is 2.21. The first-order valence-electron chi connectivity index (χ1n) is 6.39. The fourth-order valence-electron chi connectivity index (χ4n) is 2.62. The summed E-state index contributed by atoms with van der Waals surface area (Å²) in [6, 6.07) is 1.43. The van der Waals surface area contributed by atoms with Crippen LogP contribution in [0.5, 0.6) is 11.5 Å². The summed E-state index contributed by atoms with van der Waals surface area (Å²) in [6.07, 6.45) is 3.07. The van der Waals surface area contributed by atoms with Crippen LogP contribution in [0.4, 0.5) is 4.39 Å². The van der Waals surface area contributed by atoms with E-state index in [1.165, 1.54) is 13.2 Å². The predicted octanol–water partition coefficient (Wildman–Crippen LogP) is 2.39. The maximum atomic E-state index is 13.6. The third-order valence-electron chi connectivity index (χ3n) is 3.63. The minimum atomic E-state index is -0.502. The van der Waals surface area contributed by atoms with E-state index in [0.717, 1.165) is 43.5 Å². The van der Waals surface area contributed by atoms with Crippen LogP contribution in [0.15, 0.2) is 6.07 Å². The number of halogens is 1. The van der Waals surface area contributed by atoms with Crippen LogP contribution < -0.4 is 10.1 Å². The molecule has 0 spiro atoms. The van der Waals surface area contributed by atoms with Crippen molar-refractivity contribution in [3.63, 3.8) is 0 Å². The zero-order valence-corrected chi connectivity index (χ0v) is 10.9. The van der Waals surface area contributed by atoms with Gasteiger partial charge in [0.2, 0.25) is 0 Å². The van der Waals surface area contributed by atoms with Crippen LogP contribution >= 0.6 is 0 Å². The molecule has 1 heterocycles. The minimum absolute atomic E-state index is 0.0411. The summed E-state index contributed by atoms with van der Waals surface area (Å²) in [7, 11) is 1.37. The number of hydrogen-bond donors (Lipinski definition) is 2. The van der Waals surface area contributed by atoms with Gasteiger partial charge in [0.15, 0.2) is 17.3 Å². The van der Waals surface area contributed by atoms with Crippen molar-refractivity contribution in [2.45, 2.75) is 26.2 Å². The summed E-state index contributed by atoms with van der Waals surface area (Å²) in [5.74, 6) is -0.0866. The normalized spacial score (nSPS) is 19.8. The van der Waals surface area contributed by atoms with Crippen LogP contribution in [0, 0.1) is 18.7 Å². The third kappa shape index (κ3) is 2.58. The fourth-order valence-corrected chi connectivity index (χ4v) is 2.62. The Morgan fingerprint density at radius 3 is 2.94 bits per heavy atom. The number of phenolic OH excluding ortho intramolecular Hbond substituents is 1. The molecule has 2 rings (SSSR count). The summed E-state index contributed by atoms with van der Waals surface area (Å²) in [4.78, 5) is 0. The molecule has 100 valence electrons. The highest BCUT2D eigenvalue weighted by molar-refractivity contribution is 5.50. The van der Waals surface area contributed by atoms with E-state index in [-0.39, 0.29) is 11.5 Å². The van der Waals surface area contributed by atoms with E-state index in [0.29, 0.717) is 5.92 Å². The number of phenols is 1. The third-order valence-corrected chi connectivity index (χ3v) is 3.63. The number of piperidine rings is 1. The van der Waals surface area contributed by atoms with Crippen LogP contribution in [0.3, 0.4) is 0 Å². The molecule has 4 heteroatoms. The molecule has 0 radical (unpaired) electrons. The van der Waals surface area contributed by atoms with E-state index in [2.05, 4.69) is 5.32 Å². The maximum absolute atomic E-state index is 13.6. The second-order valence-corrected chi connectivity index (χ2v) is 4.95. The first kappa shape index (κ1) is 13.1. The summed E-state index contributed by atoms with van der Waals surface area (Å²) >= 11 is 0. The van der Waals surface area contributed by atoms with Gasteiger partial charge < -0.3 is 15.2 Å². The quantitative estimate of drug-likeness (QED) is 0.869. The molecule has 1 unspecified atom stereocenters. The Bertz CT molecular complexity index is 428. The number of nitrogens with one attached hydrogen (secondary N) is 1. The number of aromatic hydroxyl groups is 1. The number of methoxy groups -OCH3 is 1. The van der Waals surface area contributed by atoms with Crippen LogP contribution in [0.25, 0.3) is 0 Å².